The van der Waals surface area contributed by atoms with Gasteiger partial charge in [-0.25, -0.2) is 4.98 Å². The normalized spacial score (nSPS) is 20.4. The van der Waals surface area contributed by atoms with Gasteiger partial charge in [0.05, 0.1) is 22.8 Å². The number of amides is 2. The number of aliphatic hydroxyl groups excluding tert-OH is 1. The van der Waals surface area contributed by atoms with Crippen molar-refractivity contribution < 1.29 is 14.7 Å². The molecule has 0 spiro atoms. The van der Waals surface area contributed by atoms with Crippen molar-refractivity contribution in [2.45, 2.75) is 32.4 Å². The number of thiazole rings is 1. The highest BCUT2D eigenvalue weighted by atomic mass is 32.1. The first-order chi connectivity index (χ1) is 12.0. The standard InChI is InChI=1S/C17H20N4O3S/c1-10-15(25-11(2)19-10)16(23)20-12-6-8-21(9-14(12)22)17(24)13-5-3-4-7-18-13/h3-5,7,12,14,22H,6,8-9H2,1-2H3,(H,20,23)/t12-,14-/m1/s1. The maximum absolute atomic E-state index is 12.4. The topological polar surface area (TPSA) is 95.4 Å². The summed E-state index contributed by atoms with van der Waals surface area (Å²) >= 11 is 1.34. The number of hydrogen-bond donors (Lipinski definition) is 2. The van der Waals surface area contributed by atoms with Crippen LogP contribution in [-0.2, 0) is 0 Å². The predicted octanol–water partition coefficient (Wildman–Crippen LogP) is 1.16. The lowest BCUT2D eigenvalue weighted by molar-refractivity contribution is 0.0312. The van der Waals surface area contributed by atoms with E-state index in [2.05, 4.69) is 15.3 Å². The zero-order valence-corrected chi connectivity index (χ0v) is 14.9. The summed E-state index contributed by atoms with van der Waals surface area (Å²) in [6.45, 7) is 4.27. The third kappa shape index (κ3) is 3.85. The van der Waals surface area contributed by atoms with Crippen LogP contribution in [0.4, 0.5) is 0 Å². The van der Waals surface area contributed by atoms with Gasteiger partial charge in [-0.1, -0.05) is 6.07 Å². The molecule has 132 valence electrons. The number of β-amino-alcohol motifs (C(OH)–C–C–N with tert-alkyl or cyclic N) is 1. The second-order valence-electron chi connectivity index (χ2n) is 6.05. The van der Waals surface area contributed by atoms with Gasteiger partial charge in [0.2, 0.25) is 0 Å². The third-order valence-electron chi connectivity index (χ3n) is 4.18. The number of aryl methyl sites for hydroxylation is 2. The second kappa shape index (κ2) is 7.28. The van der Waals surface area contributed by atoms with Gasteiger partial charge in [-0.15, -0.1) is 11.3 Å². The van der Waals surface area contributed by atoms with E-state index in [-0.39, 0.29) is 24.4 Å². The molecule has 0 unspecified atom stereocenters. The van der Waals surface area contributed by atoms with Gasteiger partial charge >= 0.3 is 0 Å². The van der Waals surface area contributed by atoms with Crippen molar-refractivity contribution in [3.8, 4) is 0 Å². The number of carbonyl (C=O) groups excluding carboxylic acids is 2. The van der Waals surface area contributed by atoms with E-state index in [4.69, 9.17) is 0 Å². The monoisotopic (exact) mass is 360 g/mol. The van der Waals surface area contributed by atoms with Crippen molar-refractivity contribution in [3.05, 3.63) is 45.7 Å². The Morgan fingerprint density at radius 2 is 2.16 bits per heavy atom. The van der Waals surface area contributed by atoms with Gasteiger partial charge in [-0.2, -0.15) is 0 Å². The molecule has 7 nitrogen and oxygen atoms in total. The Labute approximate surface area is 149 Å². The first kappa shape index (κ1) is 17.5. The van der Waals surface area contributed by atoms with E-state index in [1.807, 2.05) is 6.92 Å². The summed E-state index contributed by atoms with van der Waals surface area (Å²) in [6.07, 6.45) is 1.23. The Balaban J connectivity index is 1.61. The molecule has 2 aromatic rings. The molecular weight excluding hydrogens is 340 g/mol. The summed E-state index contributed by atoms with van der Waals surface area (Å²) < 4.78 is 0. The summed E-state index contributed by atoms with van der Waals surface area (Å²) in [4.78, 5) is 35.2. The number of aromatic nitrogens is 2. The average Bonchev–Trinajstić information content (AvgIpc) is 2.95. The largest absolute Gasteiger partial charge is 0.389 e. The number of nitrogens with one attached hydrogen (secondary N) is 1. The van der Waals surface area contributed by atoms with Gasteiger partial charge in [-0.3, -0.25) is 14.6 Å². The summed E-state index contributed by atoms with van der Waals surface area (Å²) in [5, 5.41) is 14.1. The summed E-state index contributed by atoms with van der Waals surface area (Å²) in [5.74, 6) is -0.435. The van der Waals surface area contributed by atoms with Crippen molar-refractivity contribution in [3.63, 3.8) is 0 Å². The molecule has 25 heavy (non-hydrogen) atoms. The van der Waals surface area contributed by atoms with Crippen LogP contribution in [0.2, 0.25) is 0 Å². The molecule has 0 radical (unpaired) electrons. The van der Waals surface area contributed by atoms with E-state index in [9.17, 15) is 14.7 Å². The van der Waals surface area contributed by atoms with Crippen LogP contribution in [0.15, 0.2) is 24.4 Å². The van der Waals surface area contributed by atoms with E-state index in [1.54, 1.807) is 36.2 Å². The van der Waals surface area contributed by atoms with E-state index in [0.717, 1.165) is 5.01 Å². The van der Waals surface area contributed by atoms with Crippen LogP contribution in [0.3, 0.4) is 0 Å². The minimum atomic E-state index is -0.820. The molecule has 3 heterocycles. The maximum Gasteiger partial charge on any atom is 0.272 e. The Morgan fingerprint density at radius 1 is 1.36 bits per heavy atom. The minimum absolute atomic E-state index is 0.168. The molecule has 3 rings (SSSR count). The molecule has 0 saturated carbocycles. The van der Waals surface area contributed by atoms with Crippen LogP contribution in [0.1, 0.15) is 37.3 Å². The first-order valence-corrected chi connectivity index (χ1v) is 8.90. The van der Waals surface area contributed by atoms with Gasteiger partial charge in [0.1, 0.15) is 10.6 Å². The molecule has 1 saturated heterocycles. The Morgan fingerprint density at radius 3 is 2.76 bits per heavy atom. The molecule has 0 aliphatic carbocycles. The molecule has 1 aliphatic heterocycles. The predicted molar refractivity (Wildman–Crippen MR) is 93.6 cm³/mol. The summed E-state index contributed by atoms with van der Waals surface area (Å²) in [7, 11) is 0. The van der Waals surface area contributed by atoms with Crippen molar-refractivity contribution in [2.75, 3.05) is 13.1 Å². The van der Waals surface area contributed by atoms with Crippen LogP contribution >= 0.6 is 11.3 Å². The van der Waals surface area contributed by atoms with Crippen LogP contribution in [0, 0.1) is 13.8 Å². The number of carbonyl (C=O) groups is 2. The van der Waals surface area contributed by atoms with Crippen LogP contribution in [-0.4, -0.2) is 57.0 Å². The van der Waals surface area contributed by atoms with E-state index >= 15 is 0 Å². The van der Waals surface area contributed by atoms with E-state index in [1.165, 1.54) is 11.3 Å². The van der Waals surface area contributed by atoms with Gasteiger partial charge in [0.15, 0.2) is 0 Å². The molecule has 1 aliphatic rings. The summed E-state index contributed by atoms with van der Waals surface area (Å²) in [5.41, 5.74) is 1.05. The number of pyridine rings is 1. The van der Waals surface area contributed by atoms with Crippen molar-refractivity contribution in [1.82, 2.24) is 20.2 Å². The van der Waals surface area contributed by atoms with E-state index in [0.29, 0.717) is 29.2 Å². The Kier molecular flexibility index (Phi) is 5.10. The van der Waals surface area contributed by atoms with Crippen molar-refractivity contribution in [1.29, 1.82) is 0 Å². The van der Waals surface area contributed by atoms with Crippen LogP contribution < -0.4 is 5.32 Å². The fraction of sp³-hybridized carbons (Fsp3) is 0.412. The fourth-order valence-electron chi connectivity index (χ4n) is 2.91. The quantitative estimate of drug-likeness (QED) is 0.856. The summed E-state index contributed by atoms with van der Waals surface area (Å²) in [6, 6.07) is 4.76. The van der Waals surface area contributed by atoms with Crippen LogP contribution in [0.25, 0.3) is 0 Å². The molecule has 1 fully saturated rings. The molecular formula is C17H20N4O3S. The Hall–Kier alpha value is -2.32. The van der Waals surface area contributed by atoms with Crippen molar-refractivity contribution in [2.24, 2.45) is 0 Å². The molecule has 2 aromatic heterocycles. The molecule has 0 aromatic carbocycles. The maximum atomic E-state index is 12.4. The molecule has 2 amide bonds. The number of piperidine rings is 1. The highest BCUT2D eigenvalue weighted by molar-refractivity contribution is 7.13. The number of nitrogens with zero attached hydrogens (tertiary/aromatic N) is 3. The first-order valence-electron chi connectivity index (χ1n) is 8.09. The van der Waals surface area contributed by atoms with Gasteiger partial charge < -0.3 is 15.3 Å². The SMILES string of the molecule is Cc1nc(C)c(C(=O)N[C@@H]2CCN(C(=O)c3ccccn3)C[C@H]2O)s1. The zero-order chi connectivity index (χ0) is 18.0. The molecule has 8 heteroatoms. The lowest BCUT2D eigenvalue weighted by atomic mass is 10.0. The third-order valence-corrected chi connectivity index (χ3v) is 5.25. The Bertz CT molecular complexity index is 777. The average molecular weight is 360 g/mol. The number of likely N-dealkylation sites (tertiary alicyclic amines) is 1. The van der Waals surface area contributed by atoms with Crippen LogP contribution in [0.5, 0.6) is 0 Å². The number of hydrogen-bond acceptors (Lipinski definition) is 6. The lowest BCUT2D eigenvalue weighted by Crippen LogP contribution is -2.55. The highest BCUT2D eigenvalue weighted by Gasteiger charge is 2.32. The van der Waals surface area contributed by atoms with Gasteiger partial charge in [0.25, 0.3) is 11.8 Å². The smallest absolute Gasteiger partial charge is 0.272 e. The number of rotatable bonds is 3. The van der Waals surface area contributed by atoms with Gasteiger partial charge in [0, 0.05) is 19.3 Å². The lowest BCUT2D eigenvalue weighted by Gasteiger charge is -2.36. The molecule has 2 atom stereocenters. The van der Waals surface area contributed by atoms with Crippen molar-refractivity contribution >= 4 is 23.2 Å². The fourth-order valence-corrected chi connectivity index (χ4v) is 3.73. The molecule has 2 N–H and O–H groups in total. The van der Waals surface area contributed by atoms with E-state index < -0.39 is 6.10 Å². The second-order valence-corrected chi connectivity index (χ2v) is 7.25. The highest BCUT2D eigenvalue weighted by Crippen LogP contribution is 2.19. The zero-order valence-electron chi connectivity index (χ0n) is 14.1. The molecule has 0 bridgehead atoms. The minimum Gasteiger partial charge on any atom is -0.389 e. The number of aliphatic hydroxyl groups is 1. The van der Waals surface area contributed by atoms with Gasteiger partial charge in [-0.05, 0) is 32.4 Å².